The third kappa shape index (κ3) is 4.05. The molecule has 8 nitrogen and oxygen atoms in total. The van der Waals surface area contributed by atoms with Gasteiger partial charge in [-0.15, -0.1) is 0 Å². The second kappa shape index (κ2) is 8.04. The summed E-state index contributed by atoms with van der Waals surface area (Å²) < 4.78 is 6.96. The predicted octanol–water partition coefficient (Wildman–Crippen LogP) is 2.67. The van der Waals surface area contributed by atoms with Crippen LogP contribution in [-0.2, 0) is 11.8 Å². The fourth-order valence-electron chi connectivity index (χ4n) is 2.82. The Morgan fingerprint density at radius 1 is 1.24 bits per heavy atom. The molecule has 0 atom stereocenters. The Morgan fingerprint density at radius 2 is 1.97 bits per heavy atom. The monoisotopic (exact) mass is 411 g/mol. The van der Waals surface area contributed by atoms with E-state index >= 15 is 0 Å². The molecule has 0 unspecified atom stereocenters. The van der Waals surface area contributed by atoms with Crippen LogP contribution in [0.3, 0.4) is 0 Å². The van der Waals surface area contributed by atoms with E-state index in [2.05, 4.69) is 5.32 Å². The first-order valence-corrected chi connectivity index (χ1v) is 8.70. The number of fused-ring (bicyclic) bond motifs is 1. The molecule has 1 amide bonds. The van der Waals surface area contributed by atoms with Crippen molar-refractivity contribution in [1.82, 2.24) is 9.88 Å². The zero-order valence-corrected chi connectivity index (χ0v) is 15.9. The quantitative estimate of drug-likeness (QED) is 0.665. The summed E-state index contributed by atoms with van der Waals surface area (Å²) in [4.78, 5) is 35.7. The van der Waals surface area contributed by atoms with Crippen molar-refractivity contribution in [1.29, 1.82) is 5.26 Å². The lowest BCUT2D eigenvalue weighted by Crippen LogP contribution is -2.36. The maximum absolute atomic E-state index is 12.7. The fraction of sp³-hybridized carbons (Fsp3) is 0.100. The van der Waals surface area contributed by atoms with Crippen LogP contribution in [0.2, 0.25) is 5.02 Å². The second-order valence-electron chi connectivity index (χ2n) is 6.04. The summed E-state index contributed by atoms with van der Waals surface area (Å²) in [7, 11) is 1.45. The molecule has 1 heterocycles. The van der Waals surface area contributed by atoms with Crippen molar-refractivity contribution < 1.29 is 19.4 Å². The van der Waals surface area contributed by atoms with Crippen molar-refractivity contribution in [2.75, 3.05) is 6.54 Å². The first-order valence-electron chi connectivity index (χ1n) is 8.32. The van der Waals surface area contributed by atoms with Gasteiger partial charge in [-0.25, -0.2) is 0 Å². The van der Waals surface area contributed by atoms with Gasteiger partial charge in [-0.3, -0.25) is 14.4 Å². The van der Waals surface area contributed by atoms with E-state index in [1.807, 2.05) is 6.07 Å². The number of hydrogen-bond donors (Lipinski definition) is 2. The van der Waals surface area contributed by atoms with Crippen molar-refractivity contribution in [3.05, 3.63) is 69.0 Å². The number of carboxylic acid groups (broad SMARTS) is 1. The third-order valence-corrected chi connectivity index (χ3v) is 4.37. The number of ether oxygens (including phenoxy) is 1. The van der Waals surface area contributed by atoms with Gasteiger partial charge >= 0.3 is 5.97 Å². The molecule has 2 N–H and O–H groups in total. The largest absolute Gasteiger partial charge is 0.480 e. The summed E-state index contributed by atoms with van der Waals surface area (Å²) in [6.07, 6.45) is 0. The topological polar surface area (TPSA) is 121 Å². The van der Waals surface area contributed by atoms with Crippen molar-refractivity contribution in [3.63, 3.8) is 0 Å². The molecule has 3 aromatic rings. The zero-order valence-electron chi connectivity index (χ0n) is 15.1. The number of nitrogens with one attached hydrogen (secondary N) is 1. The number of aryl methyl sites for hydroxylation is 1. The first-order chi connectivity index (χ1) is 13.8. The molecule has 0 radical (unpaired) electrons. The lowest BCUT2D eigenvalue weighted by molar-refractivity contribution is -0.135. The predicted molar refractivity (Wildman–Crippen MR) is 105 cm³/mol. The molecule has 146 valence electrons. The standard InChI is InChI=1S/C20H14ClN3O5/c1-24-16-8-13(29-12-4-2-3-11(21)7-12)5-6-14(16)15(9-22)18(20(24)28)19(27)23-10-17(25)26/h2-8H,10H2,1H3,(H,23,27)(H,25,26). The first kappa shape index (κ1) is 19.9. The van der Waals surface area contributed by atoms with Gasteiger partial charge in [0, 0.05) is 23.5 Å². The lowest BCUT2D eigenvalue weighted by Gasteiger charge is -2.13. The summed E-state index contributed by atoms with van der Waals surface area (Å²) in [6.45, 7) is -0.669. The molecule has 0 saturated heterocycles. The number of carbonyl (C=O) groups is 2. The van der Waals surface area contributed by atoms with Crippen LogP contribution in [0, 0.1) is 11.3 Å². The normalized spacial score (nSPS) is 10.4. The van der Waals surface area contributed by atoms with Gasteiger partial charge in [0.2, 0.25) is 0 Å². The molecule has 3 rings (SSSR count). The van der Waals surface area contributed by atoms with Crippen LogP contribution in [0.1, 0.15) is 15.9 Å². The number of carbonyl (C=O) groups excluding carboxylic acids is 1. The molecule has 0 saturated carbocycles. The maximum atomic E-state index is 12.7. The van der Waals surface area contributed by atoms with Crippen LogP contribution in [0.25, 0.3) is 10.9 Å². The molecule has 0 spiro atoms. The van der Waals surface area contributed by atoms with Crippen LogP contribution in [0.15, 0.2) is 47.3 Å². The molecule has 0 fully saturated rings. The highest BCUT2D eigenvalue weighted by Gasteiger charge is 2.22. The molecule has 1 aromatic heterocycles. The molecule has 2 aromatic carbocycles. The number of carboxylic acids is 1. The second-order valence-corrected chi connectivity index (χ2v) is 6.48. The molecular formula is C20H14ClN3O5. The van der Waals surface area contributed by atoms with E-state index < -0.39 is 29.5 Å². The van der Waals surface area contributed by atoms with E-state index in [1.165, 1.54) is 11.6 Å². The summed E-state index contributed by atoms with van der Waals surface area (Å²) in [6, 6.07) is 13.4. The Labute approximate surface area is 169 Å². The van der Waals surface area contributed by atoms with Crippen LogP contribution in [0.5, 0.6) is 11.5 Å². The van der Waals surface area contributed by atoms with E-state index in [0.29, 0.717) is 27.4 Å². The minimum atomic E-state index is -1.27. The Bertz CT molecular complexity index is 1240. The number of aliphatic carboxylic acids is 1. The van der Waals surface area contributed by atoms with E-state index in [-0.39, 0.29) is 5.56 Å². The number of nitriles is 1. The summed E-state index contributed by atoms with van der Waals surface area (Å²) in [5, 5.41) is 21.2. The SMILES string of the molecule is Cn1c(=O)c(C(=O)NCC(=O)O)c(C#N)c2ccc(Oc3cccc(Cl)c3)cc21. The molecule has 0 aliphatic carbocycles. The van der Waals surface area contributed by atoms with Gasteiger partial charge in [0.1, 0.15) is 29.7 Å². The number of halogens is 1. The number of benzene rings is 2. The van der Waals surface area contributed by atoms with Crippen LogP contribution >= 0.6 is 11.6 Å². The van der Waals surface area contributed by atoms with Crippen LogP contribution in [-0.4, -0.2) is 28.1 Å². The van der Waals surface area contributed by atoms with E-state index in [9.17, 15) is 19.6 Å². The Kier molecular flexibility index (Phi) is 5.52. The number of amides is 1. The van der Waals surface area contributed by atoms with Crippen molar-refractivity contribution in [2.45, 2.75) is 0 Å². The highest BCUT2D eigenvalue weighted by Crippen LogP contribution is 2.28. The van der Waals surface area contributed by atoms with Crippen LogP contribution < -0.4 is 15.6 Å². The minimum Gasteiger partial charge on any atom is -0.480 e. The van der Waals surface area contributed by atoms with E-state index in [4.69, 9.17) is 21.4 Å². The van der Waals surface area contributed by atoms with E-state index in [0.717, 1.165) is 0 Å². The number of nitrogens with zero attached hydrogens (tertiary/aromatic N) is 2. The van der Waals surface area contributed by atoms with Crippen molar-refractivity contribution in [2.24, 2.45) is 7.05 Å². The van der Waals surface area contributed by atoms with Gasteiger partial charge in [0.25, 0.3) is 11.5 Å². The van der Waals surface area contributed by atoms with Gasteiger partial charge in [-0.1, -0.05) is 17.7 Å². The molecule has 0 aliphatic rings. The van der Waals surface area contributed by atoms with Gasteiger partial charge < -0.3 is 19.7 Å². The third-order valence-electron chi connectivity index (χ3n) is 4.14. The summed E-state index contributed by atoms with van der Waals surface area (Å²) >= 11 is 5.95. The Morgan fingerprint density at radius 3 is 2.62 bits per heavy atom. The van der Waals surface area contributed by atoms with Gasteiger partial charge in [-0.05, 0) is 30.3 Å². The number of rotatable bonds is 5. The Balaban J connectivity index is 2.11. The van der Waals surface area contributed by atoms with Crippen LogP contribution in [0.4, 0.5) is 0 Å². The summed E-state index contributed by atoms with van der Waals surface area (Å²) in [5.41, 5.74) is -0.898. The number of pyridine rings is 1. The Hall–Kier alpha value is -3.83. The molecule has 0 bridgehead atoms. The molecule has 9 heteroatoms. The average molecular weight is 412 g/mol. The number of aromatic nitrogens is 1. The summed E-state index contributed by atoms with van der Waals surface area (Å²) in [5.74, 6) is -1.29. The fourth-order valence-corrected chi connectivity index (χ4v) is 3.00. The molecular weight excluding hydrogens is 398 g/mol. The molecule has 29 heavy (non-hydrogen) atoms. The average Bonchev–Trinajstić information content (AvgIpc) is 2.68. The minimum absolute atomic E-state index is 0.139. The zero-order chi connectivity index (χ0) is 21.1. The van der Waals surface area contributed by atoms with E-state index in [1.54, 1.807) is 42.5 Å². The van der Waals surface area contributed by atoms with Gasteiger partial charge in [-0.2, -0.15) is 5.26 Å². The van der Waals surface area contributed by atoms with Crippen molar-refractivity contribution in [3.8, 4) is 17.6 Å². The van der Waals surface area contributed by atoms with Gasteiger partial charge in [0.15, 0.2) is 0 Å². The smallest absolute Gasteiger partial charge is 0.322 e. The highest BCUT2D eigenvalue weighted by molar-refractivity contribution is 6.30. The lowest BCUT2D eigenvalue weighted by atomic mass is 10.0. The maximum Gasteiger partial charge on any atom is 0.322 e. The van der Waals surface area contributed by atoms with Crippen molar-refractivity contribution >= 4 is 34.4 Å². The molecule has 0 aliphatic heterocycles. The van der Waals surface area contributed by atoms with Gasteiger partial charge in [0.05, 0.1) is 11.1 Å². The number of hydrogen-bond acceptors (Lipinski definition) is 5. The highest BCUT2D eigenvalue weighted by atomic mass is 35.5.